The van der Waals surface area contributed by atoms with Crippen LogP contribution in [0.4, 0.5) is 4.79 Å². The molecule has 0 fully saturated rings. The van der Waals surface area contributed by atoms with Crippen molar-refractivity contribution in [2.45, 2.75) is 19.1 Å². The van der Waals surface area contributed by atoms with Gasteiger partial charge in [-0.3, -0.25) is 4.79 Å². The number of hydrogen-bond donors (Lipinski definition) is 2. The molecule has 8 nitrogen and oxygen atoms in total. The molecule has 2 N–H and O–H groups in total. The molecule has 1 atom stereocenters. The zero-order valence-electron chi connectivity index (χ0n) is 10.6. The fraction of sp³-hybridized carbons (Fsp3) is 0.333. The number of azide groups is 1. The average Bonchev–Trinajstić information content (AvgIpc) is 2.43. The predicted molar refractivity (Wildman–Crippen MR) is 69.8 cm³/mol. The molecule has 1 amide bonds. The van der Waals surface area contributed by atoms with Gasteiger partial charge in [-0.2, -0.15) is 0 Å². The van der Waals surface area contributed by atoms with Gasteiger partial charge in [-0.15, -0.1) is 0 Å². The van der Waals surface area contributed by atoms with Gasteiger partial charge >= 0.3 is 12.1 Å². The Morgan fingerprint density at radius 3 is 2.70 bits per heavy atom. The number of rotatable bonds is 7. The van der Waals surface area contributed by atoms with E-state index in [4.69, 9.17) is 15.4 Å². The van der Waals surface area contributed by atoms with Gasteiger partial charge in [0.15, 0.2) is 0 Å². The van der Waals surface area contributed by atoms with Gasteiger partial charge < -0.3 is 15.2 Å². The molecule has 106 valence electrons. The van der Waals surface area contributed by atoms with Gasteiger partial charge in [0, 0.05) is 17.5 Å². The predicted octanol–water partition coefficient (Wildman–Crippen LogP) is 2.07. The molecule has 0 aliphatic heterocycles. The zero-order chi connectivity index (χ0) is 14.8. The van der Waals surface area contributed by atoms with E-state index in [0.29, 0.717) is 0 Å². The summed E-state index contributed by atoms with van der Waals surface area (Å²) in [6.45, 7) is -0.0722. The van der Waals surface area contributed by atoms with E-state index in [1.165, 1.54) is 0 Å². The average molecular weight is 278 g/mol. The molecule has 1 aromatic rings. The van der Waals surface area contributed by atoms with E-state index in [-0.39, 0.29) is 19.6 Å². The number of carbonyl (C=O) groups is 2. The van der Waals surface area contributed by atoms with Gasteiger partial charge in [-0.25, -0.2) is 4.79 Å². The molecular formula is C12H14N4O4. The van der Waals surface area contributed by atoms with Gasteiger partial charge in [0.05, 0.1) is 6.42 Å². The van der Waals surface area contributed by atoms with E-state index in [1.54, 1.807) is 12.1 Å². The van der Waals surface area contributed by atoms with Crippen molar-refractivity contribution in [3.05, 3.63) is 46.3 Å². The highest BCUT2D eigenvalue weighted by atomic mass is 16.5. The lowest BCUT2D eigenvalue weighted by molar-refractivity contribution is -0.137. The summed E-state index contributed by atoms with van der Waals surface area (Å²) >= 11 is 0. The first-order valence-electron chi connectivity index (χ1n) is 5.81. The van der Waals surface area contributed by atoms with Gasteiger partial charge in [-0.05, 0) is 11.1 Å². The Balaban J connectivity index is 2.44. The number of carboxylic acids is 1. The topological polar surface area (TPSA) is 124 Å². The summed E-state index contributed by atoms with van der Waals surface area (Å²) in [5, 5.41) is 14.3. The van der Waals surface area contributed by atoms with Crippen LogP contribution in [0.5, 0.6) is 0 Å². The summed E-state index contributed by atoms with van der Waals surface area (Å²) in [5.74, 6) is -1.11. The number of nitrogens with one attached hydrogen (secondary N) is 1. The summed E-state index contributed by atoms with van der Waals surface area (Å²) < 4.78 is 4.94. The van der Waals surface area contributed by atoms with Crippen LogP contribution < -0.4 is 5.32 Å². The molecule has 0 spiro atoms. The van der Waals surface area contributed by atoms with Crippen LogP contribution in [-0.4, -0.2) is 29.8 Å². The molecule has 0 heterocycles. The second-order valence-corrected chi connectivity index (χ2v) is 3.91. The van der Waals surface area contributed by atoms with Crippen LogP contribution in [0.2, 0.25) is 0 Å². The van der Waals surface area contributed by atoms with Crippen molar-refractivity contribution in [1.82, 2.24) is 5.32 Å². The maximum absolute atomic E-state index is 11.5. The molecule has 0 bridgehead atoms. The highest BCUT2D eigenvalue weighted by molar-refractivity contribution is 5.71. The van der Waals surface area contributed by atoms with E-state index in [0.717, 1.165) is 5.56 Å². The summed E-state index contributed by atoms with van der Waals surface area (Å²) in [6, 6.07) is 8.25. The maximum Gasteiger partial charge on any atom is 0.407 e. The Hall–Kier alpha value is -2.73. The number of ether oxygens (including phenoxy) is 1. The number of carbonyl (C=O) groups excluding carboxylic acids is 1. The fourth-order valence-corrected chi connectivity index (χ4v) is 1.44. The third kappa shape index (κ3) is 6.27. The van der Waals surface area contributed by atoms with Gasteiger partial charge in [-0.1, -0.05) is 35.4 Å². The number of amides is 1. The van der Waals surface area contributed by atoms with Crippen molar-refractivity contribution in [3.63, 3.8) is 0 Å². The van der Waals surface area contributed by atoms with E-state index in [1.807, 2.05) is 18.2 Å². The third-order valence-electron chi connectivity index (χ3n) is 2.32. The molecule has 0 saturated heterocycles. The first kappa shape index (κ1) is 15.3. The van der Waals surface area contributed by atoms with E-state index in [9.17, 15) is 9.59 Å². The molecule has 0 saturated carbocycles. The van der Waals surface area contributed by atoms with Crippen LogP contribution >= 0.6 is 0 Å². The third-order valence-corrected chi connectivity index (χ3v) is 2.32. The van der Waals surface area contributed by atoms with Crippen LogP contribution in [0.25, 0.3) is 10.4 Å². The molecule has 0 aliphatic rings. The van der Waals surface area contributed by atoms with Crippen molar-refractivity contribution >= 4 is 12.1 Å². The summed E-state index contributed by atoms with van der Waals surface area (Å²) in [4.78, 5) is 24.6. The Bertz CT molecular complexity index is 495. The standard InChI is InChI=1S/C12H14N4O4/c13-16-14-7-10(6-11(17)18)15-12(19)20-8-9-4-2-1-3-5-9/h1-5,10H,6-8H2,(H,15,19)(H,17,18)/t10-/m0/s1. The SMILES string of the molecule is [N-]=[N+]=NC[C@H](CC(=O)O)NC(=O)OCc1ccccc1. The monoisotopic (exact) mass is 278 g/mol. The lowest BCUT2D eigenvalue weighted by Gasteiger charge is -2.14. The molecule has 20 heavy (non-hydrogen) atoms. The van der Waals surface area contributed by atoms with Crippen LogP contribution in [0.1, 0.15) is 12.0 Å². The lowest BCUT2D eigenvalue weighted by Crippen LogP contribution is -2.38. The number of carboxylic acid groups (broad SMARTS) is 1. The van der Waals surface area contributed by atoms with Gasteiger partial charge in [0.1, 0.15) is 6.61 Å². The zero-order valence-corrected chi connectivity index (χ0v) is 10.6. The first-order chi connectivity index (χ1) is 9.61. The normalized spacial score (nSPS) is 11.0. The summed E-state index contributed by atoms with van der Waals surface area (Å²) in [7, 11) is 0. The molecule has 8 heteroatoms. The van der Waals surface area contributed by atoms with E-state index < -0.39 is 18.1 Å². The highest BCUT2D eigenvalue weighted by Crippen LogP contribution is 2.01. The minimum atomic E-state index is -1.11. The molecule has 1 rings (SSSR count). The Kier molecular flexibility index (Phi) is 6.43. The van der Waals surface area contributed by atoms with Crippen molar-refractivity contribution in [2.24, 2.45) is 5.11 Å². The molecule has 0 aliphatic carbocycles. The lowest BCUT2D eigenvalue weighted by atomic mass is 10.2. The number of benzene rings is 1. The summed E-state index contributed by atoms with van der Waals surface area (Å²) in [6.07, 6.45) is -1.10. The second kappa shape index (κ2) is 8.39. The maximum atomic E-state index is 11.5. The molecular weight excluding hydrogens is 264 g/mol. The minimum absolute atomic E-state index is 0.0774. The van der Waals surface area contributed by atoms with Crippen LogP contribution in [0.15, 0.2) is 35.4 Å². The van der Waals surface area contributed by atoms with Crippen molar-refractivity contribution < 1.29 is 19.4 Å². The van der Waals surface area contributed by atoms with Gasteiger partial charge in [0.25, 0.3) is 0 Å². The molecule has 0 unspecified atom stereocenters. The highest BCUT2D eigenvalue weighted by Gasteiger charge is 2.16. The number of aliphatic carboxylic acids is 1. The second-order valence-electron chi connectivity index (χ2n) is 3.91. The Morgan fingerprint density at radius 1 is 1.40 bits per heavy atom. The van der Waals surface area contributed by atoms with E-state index in [2.05, 4.69) is 15.3 Å². The van der Waals surface area contributed by atoms with Crippen molar-refractivity contribution in [3.8, 4) is 0 Å². The first-order valence-corrected chi connectivity index (χ1v) is 5.81. The fourth-order valence-electron chi connectivity index (χ4n) is 1.44. The van der Waals surface area contributed by atoms with Crippen molar-refractivity contribution in [1.29, 1.82) is 0 Å². The number of nitrogens with zero attached hydrogens (tertiary/aromatic N) is 3. The number of hydrogen-bond acceptors (Lipinski definition) is 4. The Labute approximate surface area is 115 Å². The van der Waals surface area contributed by atoms with Crippen molar-refractivity contribution in [2.75, 3.05) is 6.54 Å². The quantitative estimate of drug-likeness (QED) is 0.450. The van der Waals surface area contributed by atoms with Gasteiger partial charge in [0.2, 0.25) is 0 Å². The molecule has 0 aromatic heterocycles. The Morgan fingerprint density at radius 2 is 2.10 bits per heavy atom. The van der Waals surface area contributed by atoms with Crippen LogP contribution in [-0.2, 0) is 16.1 Å². The van der Waals surface area contributed by atoms with E-state index >= 15 is 0 Å². The molecule has 1 aromatic carbocycles. The minimum Gasteiger partial charge on any atom is -0.481 e. The smallest absolute Gasteiger partial charge is 0.407 e. The van der Waals surface area contributed by atoms with Crippen LogP contribution in [0.3, 0.4) is 0 Å². The summed E-state index contributed by atoms with van der Waals surface area (Å²) in [5.41, 5.74) is 9.01. The number of alkyl carbamates (subject to hydrolysis) is 1. The molecule has 0 radical (unpaired) electrons. The largest absolute Gasteiger partial charge is 0.481 e. The van der Waals surface area contributed by atoms with Crippen LogP contribution in [0, 0.1) is 0 Å².